The zero-order valence-electron chi connectivity index (χ0n) is 13.3. The van der Waals surface area contributed by atoms with E-state index in [2.05, 4.69) is 15.2 Å². The summed E-state index contributed by atoms with van der Waals surface area (Å²) < 4.78 is 1.61. The van der Waals surface area contributed by atoms with Crippen molar-refractivity contribution in [3.05, 3.63) is 27.9 Å². The number of hydrogen-bond donors (Lipinski definition) is 1. The van der Waals surface area contributed by atoms with Gasteiger partial charge in [-0.1, -0.05) is 0 Å². The van der Waals surface area contributed by atoms with Crippen molar-refractivity contribution in [3.63, 3.8) is 0 Å². The van der Waals surface area contributed by atoms with Gasteiger partial charge >= 0.3 is 5.69 Å². The highest BCUT2D eigenvalue weighted by atomic mass is 16.2. The van der Waals surface area contributed by atoms with Gasteiger partial charge in [0.2, 0.25) is 5.91 Å². The lowest BCUT2D eigenvalue weighted by Crippen LogP contribution is -2.55. The second-order valence-corrected chi connectivity index (χ2v) is 6.49. The number of carbonyl (C=O) groups is 1. The van der Waals surface area contributed by atoms with Gasteiger partial charge in [0.15, 0.2) is 0 Å². The Morgan fingerprint density at radius 1 is 1.36 bits per heavy atom. The third-order valence-corrected chi connectivity index (χ3v) is 4.93. The SMILES string of the molecule is Cc1cc(C)n(CCNC(=O)C2CC3CCN2CC3)c(=O)n1. The van der Waals surface area contributed by atoms with E-state index < -0.39 is 0 Å². The molecular formula is C16H24N4O2. The van der Waals surface area contributed by atoms with E-state index in [4.69, 9.17) is 0 Å². The zero-order valence-corrected chi connectivity index (χ0v) is 13.3. The number of aromatic nitrogens is 2. The van der Waals surface area contributed by atoms with Gasteiger partial charge in [-0.25, -0.2) is 4.79 Å². The van der Waals surface area contributed by atoms with Crippen LogP contribution in [0.2, 0.25) is 0 Å². The predicted molar refractivity (Wildman–Crippen MR) is 83.7 cm³/mol. The number of fused-ring (bicyclic) bond motifs is 3. The highest BCUT2D eigenvalue weighted by Crippen LogP contribution is 2.31. The van der Waals surface area contributed by atoms with E-state index in [1.165, 1.54) is 12.8 Å². The summed E-state index contributed by atoms with van der Waals surface area (Å²) >= 11 is 0. The Balaban J connectivity index is 1.55. The van der Waals surface area contributed by atoms with Crippen molar-refractivity contribution in [2.24, 2.45) is 5.92 Å². The average molecular weight is 304 g/mol. The molecule has 3 saturated heterocycles. The number of nitrogens with zero attached hydrogens (tertiary/aromatic N) is 3. The molecule has 1 aromatic heterocycles. The highest BCUT2D eigenvalue weighted by molar-refractivity contribution is 5.82. The molecule has 3 fully saturated rings. The minimum absolute atomic E-state index is 0.0291. The molecule has 4 heterocycles. The van der Waals surface area contributed by atoms with Crippen LogP contribution in [0.4, 0.5) is 0 Å². The van der Waals surface area contributed by atoms with E-state index in [9.17, 15) is 9.59 Å². The molecule has 1 unspecified atom stereocenters. The van der Waals surface area contributed by atoms with E-state index in [0.29, 0.717) is 19.0 Å². The van der Waals surface area contributed by atoms with Crippen molar-refractivity contribution in [1.82, 2.24) is 19.8 Å². The fourth-order valence-corrected chi connectivity index (χ4v) is 3.69. The molecule has 1 aromatic rings. The van der Waals surface area contributed by atoms with Gasteiger partial charge < -0.3 is 5.32 Å². The molecule has 0 radical (unpaired) electrons. The van der Waals surface area contributed by atoms with E-state index in [-0.39, 0.29) is 17.6 Å². The standard InChI is InChI=1S/C16H24N4O2/c1-11-9-12(2)20(16(22)18-11)8-5-17-15(21)14-10-13-3-6-19(14)7-4-13/h9,13-14H,3-8,10H2,1-2H3,(H,17,21). The molecule has 6 heteroatoms. The molecule has 0 aliphatic carbocycles. The first-order chi connectivity index (χ1) is 10.5. The topological polar surface area (TPSA) is 67.2 Å². The Hall–Kier alpha value is -1.69. The molecule has 22 heavy (non-hydrogen) atoms. The first-order valence-electron chi connectivity index (χ1n) is 8.11. The molecule has 3 aliphatic heterocycles. The van der Waals surface area contributed by atoms with Gasteiger partial charge in [0.05, 0.1) is 6.04 Å². The smallest absolute Gasteiger partial charge is 0.348 e. The minimum atomic E-state index is -0.243. The van der Waals surface area contributed by atoms with Crippen LogP contribution in [0.15, 0.2) is 10.9 Å². The van der Waals surface area contributed by atoms with Gasteiger partial charge in [0.25, 0.3) is 0 Å². The first-order valence-corrected chi connectivity index (χ1v) is 8.11. The molecule has 1 amide bonds. The summed E-state index contributed by atoms with van der Waals surface area (Å²) in [5.41, 5.74) is 1.37. The summed E-state index contributed by atoms with van der Waals surface area (Å²) in [5.74, 6) is 0.821. The average Bonchev–Trinajstić information content (AvgIpc) is 2.50. The van der Waals surface area contributed by atoms with Gasteiger partial charge in [-0.15, -0.1) is 0 Å². The summed E-state index contributed by atoms with van der Waals surface area (Å²) in [6.45, 7) is 6.74. The summed E-state index contributed by atoms with van der Waals surface area (Å²) in [6, 6.07) is 1.91. The van der Waals surface area contributed by atoms with Crippen LogP contribution >= 0.6 is 0 Å². The van der Waals surface area contributed by atoms with Crippen molar-refractivity contribution in [2.45, 2.75) is 45.7 Å². The summed E-state index contributed by atoms with van der Waals surface area (Å²) in [7, 11) is 0. The lowest BCUT2D eigenvalue weighted by Gasteiger charge is -2.44. The molecule has 1 atom stereocenters. The van der Waals surface area contributed by atoms with Crippen LogP contribution < -0.4 is 11.0 Å². The number of amides is 1. The van der Waals surface area contributed by atoms with Crippen LogP contribution in [-0.2, 0) is 11.3 Å². The quantitative estimate of drug-likeness (QED) is 0.877. The molecule has 0 aromatic carbocycles. The van der Waals surface area contributed by atoms with E-state index >= 15 is 0 Å². The number of rotatable bonds is 4. The van der Waals surface area contributed by atoms with Crippen LogP contribution in [0.1, 0.15) is 30.7 Å². The summed E-state index contributed by atoms with van der Waals surface area (Å²) in [6.07, 6.45) is 3.44. The summed E-state index contributed by atoms with van der Waals surface area (Å²) in [5, 5.41) is 2.99. The predicted octanol–water partition coefficient (Wildman–Crippen LogP) is 0.461. The van der Waals surface area contributed by atoms with Gasteiger partial charge in [0, 0.05) is 24.5 Å². The first kappa shape index (κ1) is 15.2. The Kier molecular flexibility index (Phi) is 4.29. The fourth-order valence-electron chi connectivity index (χ4n) is 3.69. The third kappa shape index (κ3) is 3.06. The Labute approximate surface area is 130 Å². The van der Waals surface area contributed by atoms with E-state index in [1.54, 1.807) is 4.57 Å². The lowest BCUT2D eigenvalue weighted by atomic mass is 9.83. The van der Waals surface area contributed by atoms with Gasteiger partial charge in [-0.2, -0.15) is 4.98 Å². The maximum atomic E-state index is 12.3. The van der Waals surface area contributed by atoms with Crippen molar-refractivity contribution in [2.75, 3.05) is 19.6 Å². The number of hydrogen-bond acceptors (Lipinski definition) is 4. The molecule has 3 aliphatic rings. The van der Waals surface area contributed by atoms with E-state index in [1.807, 2.05) is 19.9 Å². The number of piperidine rings is 3. The van der Waals surface area contributed by atoms with Crippen LogP contribution in [-0.4, -0.2) is 46.0 Å². The third-order valence-electron chi connectivity index (χ3n) is 4.93. The Morgan fingerprint density at radius 2 is 2.09 bits per heavy atom. The zero-order chi connectivity index (χ0) is 15.7. The monoisotopic (exact) mass is 304 g/mol. The molecule has 4 rings (SSSR count). The summed E-state index contributed by atoms with van der Waals surface area (Å²) in [4.78, 5) is 30.5. The van der Waals surface area contributed by atoms with Gasteiger partial charge in [-0.3, -0.25) is 14.3 Å². The number of aryl methyl sites for hydroxylation is 2. The second kappa shape index (κ2) is 6.20. The van der Waals surface area contributed by atoms with Crippen molar-refractivity contribution in [1.29, 1.82) is 0 Å². The van der Waals surface area contributed by atoms with Crippen LogP contribution in [0, 0.1) is 19.8 Å². The normalized spacial score (nSPS) is 26.9. The molecule has 6 nitrogen and oxygen atoms in total. The molecular weight excluding hydrogens is 280 g/mol. The molecule has 120 valence electrons. The van der Waals surface area contributed by atoms with Crippen LogP contribution in [0.25, 0.3) is 0 Å². The second-order valence-electron chi connectivity index (χ2n) is 6.49. The van der Waals surface area contributed by atoms with Crippen molar-refractivity contribution >= 4 is 5.91 Å². The fraction of sp³-hybridized carbons (Fsp3) is 0.688. The van der Waals surface area contributed by atoms with Crippen LogP contribution in [0.5, 0.6) is 0 Å². The van der Waals surface area contributed by atoms with Crippen LogP contribution in [0.3, 0.4) is 0 Å². The molecule has 0 saturated carbocycles. The maximum absolute atomic E-state index is 12.3. The Morgan fingerprint density at radius 3 is 2.68 bits per heavy atom. The largest absolute Gasteiger partial charge is 0.353 e. The number of nitrogens with one attached hydrogen (secondary N) is 1. The van der Waals surface area contributed by atoms with Crippen molar-refractivity contribution in [3.8, 4) is 0 Å². The van der Waals surface area contributed by atoms with Gasteiger partial charge in [-0.05, 0) is 58.2 Å². The lowest BCUT2D eigenvalue weighted by molar-refractivity contribution is -0.130. The molecule has 1 N–H and O–H groups in total. The highest BCUT2D eigenvalue weighted by Gasteiger charge is 2.37. The number of carbonyl (C=O) groups excluding carboxylic acids is 1. The maximum Gasteiger partial charge on any atom is 0.348 e. The molecule has 2 bridgehead atoms. The minimum Gasteiger partial charge on any atom is -0.353 e. The van der Waals surface area contributed by atoms with Crippen molar-refractivity contribution < 1.29 is 4.79 Å². The van der Waals surface area contributed by atoms with E-state index in [0.717, 1.165) is 30.9 Å². The van der Waals surface area contributed by atoms with Gasteiger partial charge in [0.1, 0.15) is 0 Å². The molecule has 0 spiro atoms. The Bertz CT molecular complexity index is 617.